The summed E-state index contributed by atoms with van der Waals surface area (Å²) in [5.74, 6) is -1.60. The van der Waals surface area contributed by atoms with Crippen molar-refractivity contribution in [1.82, 2.24) is 0 Å². The van der Waals surface area contributed by atoms with Gasteiger partial charge in [-0.3, -0.25) is 0 Å². The zero-order valence-electron chi connectivity index (χ0n) is 7.36. The molecule has 1 heterocycles. The molecule has 0 amide bonds. The zero-order chi connectivity index (χ0) is 11.0. The highest BCUT2D eigenvalue weighted by Crippen LogP contribution is 2.31. The molecular weight excluding hydrogens is 264 g/mol. The highest BCUT2D eigenvalue weighted by molar-refractivity contribution is 9.10. The van der Waals surface area contributed by atoms with E-state index in [2.05, 4.69) is 15.9 Å². The van der Waals surface area contributed by atoms with E-state index in [0.29, 0.717) is 11.1 Å². The number of fused-ring (bicyclic) bond motifs is 1. The summed E-state index contributed by atoms with van der Waals surface area (Å²) in [7, 11) is 0. The molecule has 1 aromatic rings. The number of carboxylic acids is 1. The van der Waals surface area contributed by atoms with Gasteiger partial charge in [-0.1, -0.05) is 15.9 Å². The topological polar surface area (TPSA) is 63.6 Å². The summed E-state index contributed by atoms with van der Waals surface area (Å²) >= 11 is 3.24. The van der Waals surface area contributed by atoms with Crippen LogP contribution < -0.4 is 0 Å². The third-order valence-corrected chi connectivity index (χ3v) is 2.42. The maximum absolute atomic E-state index is 11.3. The summed E-state index contributed by atoms with van der Waals surface area (Å²) in [5.41, 5.74) is 0.877. The fraction of sp³-hybridized carbons (Fsp3) is 0. The molecular formula is C10H5BrO4. The van der Waals surface area contributed by atoms with Gasteiger partial charge < -0.3 is 9.84 Å². The van der Waals surface area contributed by atoms with Crippen LogP contribution in [0, 0.1) is 0 Å². The number of cyclic esters (lactones) is 1. The first-order chi connectivity index (χ1) is 7.08. The van der Waals surface area contributed by atoms with Crippen molar-refractivity contribution >= 4 is 33.6 Å². The van der Waals surface area contributed by atoms with Crippen LogP contribution in [0.5, 0.6) is 0 Å². The number of carboxylic acid groups (broad SMARTS) is 1. The van der Waals surface area contributed by atoms with Crippen molar-refractivity contribution in [3.8, 4) is 0 Å². The Morgan fingerprint density at radius 3 is 2.80 bits per heavy atom. The van der Waals surface area contributed by atoms with Gasteiger partial charge in [-0.2, -0.15) is 0 Å². The van der Waals surface area contributed by atoms with Gasteiger partial charge in [0.05, 0.1) is 11.6 Å². The van der Waals surface area contributed by atoms with Crippen LogP contribution in [0.1, 0.15) is 15.9 Å². The third kappa shape index (κ3) is 1.78. The molecule has 0 aliphatic carbocycles. The first-order valence-corrected chi connectivity index (χ1v) is 4.84. The fourth-order valence-corrected chi connectivity index (χ4v) is 1.69. The van der Waals surface area contributed by atoms with E-state index in [1.807, 2.05) is 0 Å². The molecule has 4 nitrogen and oxygen atoms in total. The molecule has 0 bridgehead atoms. The molecule has 76 valence electrons. The highest BCUT2D eigenvalue weighted by atomic mass is 79.9. The number of hydrogen-bond donors (Lipinski definition) is 1. The quantitative estimate of drug-likeness (QED) is 0.626. The van der Waals surface area contributed by atoms with Gasteiger partial charge in [0.15, 0.2) is 0 Å². The first kappa shape index (κ1) is 9.92. The number of benzene rings is 1. The van der Waals surface area contributed by atoms with Crippen molar-refractivity contribution in [1.29, 1.82) is 0 Å². The van der Waals surface area contributed by atoms with Crippen LogP contribution in [0.2, 0.25) is 0 Å². The Labute approximate surface area is 93.3 Å². The van der Waals surface area contributed by atoms with Crippen LogP contribution in [-0.2, 0) is 9.53 Å². The predicted molar refractivity (Wildman–Crippen MR) is 55.2 cm³/mol. The number of ether oxygens (including phenoxy) is 1. The van der Waals surface area contributed by atoms with Crippen molar-refractivity contribution in [3.63, 3.8) is 0 Å². The van der Waals surface area contributed by atoms with Crippen LogP contribution in [0.4, 0.5) is 0 Å². The van der Waals surface area contributed by atoms with Crippen LogP contribution >= 0.6 is 15.9 Å². The molecule has 15 heavy (non-hydrogen) atoms. The third-order valence-electron chi connectivity index (χ3n) is 1.92. The van der Waals surface area contributed by atoms with Crippen LogP contribution in [0.3, 0.4) is 0 Å². The van der Waals surface area contributed by atoms with E-state index >= 15 is 0 Å². The Balaban J connectivity index is 2.58. The Morgan fingerprint density at radius 2 is 2.13 bits per heavy atom. The second-order valence-electron chi connectivity index (χ2n) is 2.93. The lowest BCUT2D eigenvalue weighted by Gasteiger charge is -1.96. The normalized spacial score (nSPS) is 16.3. The zero-order valence-corrected chi connectivity index (χ0v) is 8.95. The molecule has 1 N–H and O–H groups in total. The molecule has 0 aromatic heterocycles. The summed E-state index contributed by atoms with van der Waals surface area (Å²) in [6, 6.07) is 4.93. The van der Waals surface area contributed by atoms with E-state index in [0.717, 1.165) is 10.5 Å². The number of esters is 1. The van der Waals surface area contributed by atoms with E-state index in [1.165, 1.54) is 0 Å². The minimum atomic E-state index is -1.15. The Kier molecular flexibility index (Phi) is 2.32. The average Bonchev–Trinajstić information content (AvgIpc) is 2.42. The van der Waals surface area contributed by atoms with Crippen molar-refractivity contribution in [2.24, 2.45) is 0 Å². The van der Waals surface area contributed by atoms with Gasteiger partial charge in [-0.15, -0.1) is 0 Å². The molecule has 0 unspecified atom stereocenters. The van der Waals surface area contributed by atoms with Gasteiger partial charge >= 0.3 is 11.9 Å². The summed E-state index contributed by atoms with van der Waals surface area (Å²) in [5, 5.41) is 8.58. The number of carbonyl (C=O) groups excluding carboxylic acids is 1. The Hall–Kier alpha value is -1.62. The molecule has 0 fully saturated rings. The molecule has 5 heteroatoms. The van der Waals surface area contributed by atoms with Crippen molar-refractivity contribution < 1.29 is 19.4 Å². The molecule has 2 rings (SSSR count). The summed E-state index contributed by atoms with van der Waals surface area (Å²) < 4.78 is 5.58. The summed E-state index contributed by atoms with van der Waals surface area (Å²) in [4.78, 5) is 21.8. The maximum Gasteiger partial charge on any atom is 0.344 e. The summed E-state index contributed by atoms with van der Waals surface area (Å²) in [6.07, 6.45) is 0.871. The van der Waals surface area contributed by atoms with Gasteiger partial charge in [0.2, 0.25) is 0 Å². The minimum absolute atomic E-state index is 0.0730. The second kappa shape index (κ2) is 3.51. The molecule has 0 saturated heterocycles. The van der Waals surface area contributed by atoms with E-state index in [4.69, 9.17) is 9.84 Å². The predicted octanol–water partition coefficient (Wildman–Crippen LogP) is 2.04. The Morgan fingerprint density at radius 1 is 1.40 bits per heavy atom. The van der Waals surface area contributed by atoms with Crippen molar-refractivity contribution in [2.45, 2.75) is 0 Å². The van der Waals surface area contributed by atoms with E-state index in [-0.39, 0.29) is 5.76 Å². The standard InChI is InChI=1S/C10H5BrO4/c11-5-1-2-6-7(3-5)8(4-9(12)13)15-10(6)14/h1-4H,(H,12,13)/b8-4-. The summed E-state index contributed by atoms with van der Waals surface area (Å²) in [6.45, 7) is 0. The largest absolute Gasteiger partial charge is 0.478 e. The van der Waals surface area contributed by atoms with Crippen molar-refractivity contribution in [2.75, 3.05) is 0 Å². The molecule has 1 aliphatic heterocycles. The average molecular weight is 269 g/mol. The maximum atomic E-state index is 11.3. The van der Waals surface area contributed by atoms with Crippen LogP contribution in [0.15, 0.2) is 28.7 Å². The van der Waals surface area contributed by atoms with Crippen LogP contribution in [0.25, 0.3) is 5.76 Å². The number of aliphatic carboxylic acids is 1. The highest BCUT2D eigenvalue weighted by Gasteiger charge is 2.26. The van der Waals surface area contributed by atoms with E-state index < -0.39 is 11.9 Å². The van der Waals surface area contributed by atoms with Gasteiger partial charge in [0, 0.05) is 10.0 Å². The van der Waals surface area contributed by atoms with Gasteiger partial charge in [0.1, 0.15) is 5.76 Å². The van der Waals surface area contributed by atoms with Crippen LogP contribution in [-0.4, -0.2) is 17.0 Å². The SMILES string of the molecule is O=C(O)/C=C1\OC(=O)c2ccc(Br)cc21. The lowest BCUT2D eigenvalue weighted by Crippen LogP contribution is -1.93. The lowest BCUT2D eigenvalue weighted by atomic mass is 10.1. The number of hydrogen-bond acceptors (Lipinski definition) is 3. The molecule has 1 aliphatic rings. The van der Waals surface area contributed by atoms with E-state index in [1.54, 1.807) is 18.2 Å². The minimum Gasteiger partial charge on any atom is -0.478 e. The lowest BCUT2D eigenvalue weighted by molar-refractivity contribution is -0.131. The van der Waals surface area contributed by atoms with Gasteiger partial charge in [-0.25, -0.2) is 9.59 Å². The first-order valence-electron chi connectivity index (χ1n) is 4.04. The second-order valence-corrected chi connectivity index (χ2v) is 3.84. The molecule has 0 saturated carbocycles. The smallest absolute Gasteiger partial charge is 0.344 e. The molecule has 0 radical (unpaired) electrons. The van der Waals surface area contributed by atoms with Gasteiger partial charge in [0.25, 0.3) is 0 Å². The molecule has 0 spiro atoms. The Bertz CT molecular complexity index is 490. The number of carbonyl (C=O) groups is 2. The fourth-order valence-electron chi connectivity index (χ4n) is 1.33. The number of rotatable bonds is 1. The van der Waals surface area contributed by atoms with Crippen molar-refractivity contribution in [3.05, 3.63) is 39.9 Å². The monoisotopic (exact) mass is 268 g/mol. The van der Waals surface area contributed by atoms with Gasteiger partial charge in [-0.05, 0) is 18.2 Å². The molecule has 0 atom stereocenters. The molecule has 1 aromatic carbocycles. The number of halogens is 1. The van der Waals surface area contributed by atoms with E-state index in [9.17, 15) is 9.59 Å².